The largest absolute Gasteiger partial charge is 0.490 e. The highest BCUT2D eigenvalue weighted by Crippen LogP contribution is 2.33. The van der Waals surface area contributed by atoms with Gasteiger partial charge in [0.1, 0.15) is 4.21 Å². The number of rotatable bonds is 10. The molecule has 1 saturated heterocycles. The predicted molar refractivity (Wildman–Crippen MR) is 130 cm³/mol. The molecule has 1 N–H and O–H groups in total. The summed E-state index contributed by atoms with van der Waals surface area (Å²) in [5.74, 6) is 0.965. The van der Waals surface area contributed by atoms with Gasteiger partial charge in [0.05, 0.1) is 25.2 Å². The molecule has 1 aliphatic rings. The first kappa shape index (κ1) is 25.5. The van der Waals surface area contributed by atoms with E-state index in [0.717, 1.165) is 5.56 Å². The third-order valence-corrected chi connectivity index (χ3v) is 8.97. The van der Waals surface area contributed by atoms with Crippen molar-refractivity contribution in [3.05, 3.63) is 41.3 Å². The molecule has 0 radical (unpaired) electrons. The summed E-state index contributed by atoms with van der Waals surface area (Å²) in [5, 5.41) is 4.93. The number of carbonyl (C=O) groups excluding carboxylic acids is 1. The van der Waals surface area contributed by atoms with Crippen LogP contribution in [0.3, 0.4) is 0 Å². The quantitative estimate of drug-likeness (QED) is 0.527. The van der Waals surface area contributed by atoms with Crippen LogP contribution < -0.4 is 14.8 Å². The van der Waals surface area contributed by atoms with E-state index in [1.54, 1.807) is 17.5 Å². The van der Waals surface area contributed by atoms with Gasteiger partial charge in [0.2, 0.25) is 5.91 Å². The van der Waals surface area contributed by atoms with Crippen molar-refractivity contribution >= 4 is 27.3 Å². The Balaban J connectivity index is 1.76. The number of thiophene rings is 1. The number of benzene rings is 1. The number of nitrogens with one attached hydrogen (secondary N) is 1. The third kappa shape index (κ3) is 6.07. The Bertz CT molecular complexity index is 1020. The van der Waals surface area contributed by atoms with Gasteiger partial charge in [-0.15, -0.1) is 11.3 Å². The predicted octanol–water partition coefficient (Wildman–Crippen LogP) is 4.46. The molecule has 1 fully saturated rings. The first-order chi connectivity index (χ1) is 15.8. The summed E-state index contributed by atoms with van der Waals surface area (Å²) in [6, 6.07) is 8.87. The molecule has 7 nitrogen and oxygen atoms in total. The highest BCUT2D eigenvalue weighted by Gasteiger charge is 2.35. The number of hydrogen-bond acceptors (Lipinski definition) is 6. The minimum Gasteiger partial charge on any atom is -0.490 e. The molecule has 1 amide bonds. The van der Waals surface area contributed by atoms with Crippen LogP contribution >= 0.6 is 11.3 Å². The maximum atomic E-state index is 13.2. The monoisotopic (exact) mass is 494 g/mol. The van der Waals surface area contributed by atoms with Crippen molar-refractivity contribution in [2.45, 2.75) is 50.8 Å². The SMILES string of the molecule is CCOc1ccc([C@H](NC(=O)[C@@H]2CCCN(S(=O)(=O)c3cccs3)C2)C(C)C)cc1OCC. The second kappa shape index (κ2) is 11.4. The Labute approximate surface area is 201 Å². The van der Waals surface area contributed by atoms with Crippen LogP contribution in [0.5, 0.6) is 11.5 Å². The summed E-state index contributed by atoms with van der Waals surface area (Å²) < 4.78 is 39.0. The number of piperidine rings is 1. The van der Waals surface area contributed by atoms with Crippen molar-refractivity contribution in [1.29, 1.82) is 0 Å². The highest BCUT2D eigenvalue weighted by atomic mass is 32.2. The van der Waals surface area contributed by atoms with Crippen LogP contribution in [-0.2, 0) is 14.8 Å². The molecule has 182 valence electrons. The summed E-state index contributed by atoms with van der Waals surface area (Å²) in [5.41, 5.74) is 0.934. The number of carbonyl (C=O) groups is 1. The highest BCUT2D eigenvalue weighted by molar-refractivity contribution is 7.91. The Morgan fingerprint density at radius 3 is 2.55 bits per heavy atom. The van der Waals surface area contributed by atoms with Crippen molar-refractivity contribution in [1.82, 2.24) is 9.62 Å². The molecule has 2 atom stereocenters. The number of amides is 1. The topological polar surface area (TPSA) is 84.9 Å². The fourth-order valence-electron chi connectivity index (χ4n) is 4.08. The van der Waals surface area contributed by atoms with Crippen LogP contribution in [0.1, 0.15) is 52.1 Å². The first-order valence-corrected chi connectivity index (χ1v) is 13.8. The summed E-state index contributed by atoms with van der Waals surface area (Å²) in [7, 11) is -3.56. The van der Waals surface area contributed by atoms with E-state index in [9.17, 15) is 13.2 Å². The standard InChI is InChI=1S/C24H34N2O5S2/c1-5-30-20-12-11-18(15-21(20)31-6-2)23(17(3)4)25-24(27)19-9-7-13-26(16-19)33(28,29)22-10-8-14-32-22/h8,10-12,14-15,17,19,23H,5-7,9,13,16H2,1-4H3,(H,25,27)/t19-,23-/m1/s1. The molecule has 0 unspecified atom stereocenters. The molecule has 0 bridgehead atoms. The van der Waals surface area contributed by atoms with Crippen molar-refractivity contribution in [2.75, 3.05) is 26.3 Å². The van der Waals surface area contributed by atoms with Crippen LogP contribution in [0, 0.1) is 11.8 Å². The van der Waals surface area contributed by atoms with Gasteiger partial charge >= 0.3 is 0 Å². The summed E-state index contributed by atoms with van der Waals surface area (Å²) in [6.07, 6.45) is 1.33. The van der Waals surface area contributed by atoms with Crippen molar-refractivity contribution in [3.8, 4) is 11.5 Å². The molecule has 0 spiro atoms. The zero-order chi connectivity index (χ0) is 24.0. The third-order valence-electron chi connectivity index (χ3n) is 5.74. The molecular formula is C24H34N2O5S2. The van der Waals surface area contributed by atoms with Gasteiger partial charge in [-0.05, 0) is 61.7 Å². The second-order valence-corrected chi connectivity index (χ2v) is 11.5. The van der Waals surface area contributed by atoms with E-state index in [1.165, 1.54) is 15.6 Å². The summed E-state index contributed by atoms with van der Waals surface area (Å²) >= 11 is 1.20. The maximum absolute atomic E-state index is 13.2. The molecule has 1 aromatic carbocycles. The smallest absolute Gasteiger partial charge is 0.252 e. The van der Waals surface area contributed by atoms with Gasteiger partial charge in [0.25, 0.3) is 10.0 Å². The van der Waals surface area contributed by atoms with Gasteiger partial charge in [0, 0.05) is 13.1 Å². The Kier molecular flexibility index (Phi) is 8.78. The lowest BCUT2D eigenvalue weighted by Crippen LogP contribution is -2.46. The Hall–Kier alpha value is -2.10. The molecule has 2 aromatic rings. The van der Waals surface area contributed by atoms with Gasteiger partial charge in [-0.3, -0.25) is 4.79 Å². The molecule has 0 aliphatic carbocycles. The fourth-order valence-corrected chi connectivity index (χ4v) is 6.75. The lowest BCUT2D eigenvalue weighted by molar-refractivity contribution is -0.127. The summed E-state index contributed by atoms with van der Waals surface area (Å²) in [6.45, 7) is 9.64. The van der Waals surface area contributed by atoms with Crippen molar-refractivity contribution in [3.63, 3.8) is 0 Å². The van der Waals surface area contributed by atoms with Crippen LogP contribution in [0.25, 0.3) is 0 Å². The van der Waals surface area contributed by atoms with E-state index in [0.29, 0.717) is 48.3 Å². The van der Waals surface area contributed by atoms with E-state index in [4.69, 9.17) is 9.47 Å². The normalized spacial score (nSPS) is 18.2. The van der Waals surface area contributed by atoms with E-state index in [2.05, 4.69) is 19.2 Å². The van der Waals surface area contributed by atoms with Crippen LogP contribution in [0.4, 0.5) is 0 Å². The molecule has 1 aliphatic heterocycles. The summed E-state index contributed by atoms with van der Waals surface area (Å²) in [4.78, 5) is 13.2. The fraction of sp³-hybridized carbons (Fsp3) is 0.542. The molecule has 0 saturated carbocycles. The lowest BCUT2D eigenvalue weighted by Gasteiger charge is -2.32. The zero-order valence-corrected chi connectivity index (χ0v) is 21.4. The first-order valence-electron chi connectivity index (χ1n) is 11.5. The molecule has 33 heavy (non-hydrogen) atoms. The van der Waals surface area contributed by atoms with Crippen molar-refractivity contribution < 1.29 is 22.7 Å². The molecule has 3 rings (SSSR count). The molecule has 2 heterocycles. The number of nitrogens with zero attached hydrogens (tertiary/aromatic N) is 1. The Morgan fingerprint density at radius 1 is 1.18 bits per heavy atom. The van der Waals surface area contributed by atoms with Gasteiger partial charge in [-0.25, -0.2) is 8.42 Å². The minimum absolute atomic E-state index is 0.119. The van der Waals surface area contributed by atoms with Crippen LogP contribution in [0.2, 0.25) is 0 Å². The molecular weight excluding hydrogens is 460 g/mol. The average Bonchev–Trinajstić information content (AvgIpc) is 3.35. The number of ether oxygens (including phenoxy) is 2. The maximum Gasteiger partial charge on any atom is 0.252 e. The van der Waals surface area contributed by atoms with Gasteiger partial charge < -0.3 is 14.8 Å². The Morgan fingerprint density at radius 2 is 1.91 bits per heavy atom. The van der Waals surface area contributed by atoms with E-state index in [-0.39, 0.29) is 30.3 Å². The second-order valence-electron chi connectivity index (χ2n) is 8.44. The minimum atomic E-state index is -3.56. The molecule has 9 heteroatoms. The van der Waals surface area contributed by atoms with Crippen LogP contribution in [0.15, 0.2) is 39.9 Å². The number of hydrogen-bond donors (Lipinski definition) is 1. The van der Waals surface area contributed by atoms with Crippen molar-refractivity contribution in [2.24, 2.45) is 11.8 Å². The van der Waals surface area contributed by atoms with Gasteiger partial charge in [0.15, 0.2) is 11.5 Å². The van der Waals surface area contributed by atoms with Crippen LogP contribution in [-0.4, -0.2) is 44.9 Å². The molecule has 1 aromatic heterocycles. The van der Waals surface area contributed by atoms with Gasteiger partial charge in [-0.2, -0.15) is 4.31 Å². The van der Waals surface area contributed by atoms with E-state index < -0.39 is 10.0 Å². The van der Waals surface area contributed by atoms with E-state index in [1.807, 2.05) is 32.0 Å². The lowest BCUT2D eigenvalue weighted by atomic mass is 9.93. The zero-order valence-electron chi connectivity index (χ0n) is 19.7. The van der Waals surface area contributed by atoms with E-state index >= 15 is 0 Å². The average molecular weight is 495 g/mol. The number of sulfonamides is 1. The van der Waals surface area contributed by atoms with Gasteiger partial charge in [-0.1, -0.05) is 26.0 Å².